The Morgan fingerprint density at radius 3 is 2.67 bits per heavy atom. The highest BCUT2D eigenvalue weighted by Crippen LogP contribution is 2.20. The lowest BCUT2D eigenvalue weighted by molar-refractivity contribution is -0.385. The van der Waals surface area contributed by atoms with E-state index < -0.39 is 4.92 Å². The van der Waals surface area contributed by atoms with Crippen LogP contribution in [0.25, 0.3) is 0 Å². The minimum absolute atomic E-state index is 0.0201. The molecular formula is C7H9N3O2. The van der Waals surface area contributed by atoms with Gasteiger partial charge in [-0.1, -0.05) is 0 Å². The van der Waals surface area contributed by atoms with Crippen LogP contribution in [-0.2, 0) is 6.54 Å². The van der Waals surface area contributed by atoms with Crippen LogP contribution in [0.2, 0.25) is 0 Å². The number of hydrogen-bond donors (Lipinski definition) is 2. The van der Waals surface area contributed by atoms with E-state index in [4.69, 9.17) is 11.5 Å². The smallest absolute Gasteiger partial charge is 0.274 e. The largest absolute Gasteiger partial charge is 0.399 e. The molecule has 12 heavy (non-hydrogen) atoms. The van der Waals surface area contributed by atoms with Gasteiger partial charge in [-0.25, -0.2) is 0 Å². The summed E-state index contributed by atoms with van der Waals surface area (Å²) in [5.74, 6) is 0. The Morgan fingerprint density at radius 1 is 1.50 bits per heavy atom. The van der Waals surface area contributed by atoms with Crippen molar-refractivity contribution in [3.05, 3.63) is 33.9 Å². The first-order chi connectivity index (χ1) is 5.65. The molecule has 0 aromatic heterocycles. The molecule has 1 aromatic rings. The third kappa shape index (κ3) is 1.51. The Morgan fingerprint density at radius 2 is 2.17 bits per heavy atom. The van der Waals surface area contributed by atoms with Crippen molar-refractivity contribution in [1.29, 1.82) is 0 Å². The number of hydrogen-bond acceptors (Lipinski definition) is 4. The molecule has 64 valence electrons. The lowest BCUT2D eigenvalue weighted by atomic mass is 10.1. The topological polar surface area (TPSA) is 95.2 Å². The van der Waals surface area contributed by atoms with E-state index >= 15 is 0 Å². The van der Waals surface area contributed by atoms with Gasteiger partial charge in [0, 0.05) is 23.9 Å². The van der Waals surface area contributed by atoms with Gasteiger partial charge in [-0.3, -0.25) is 10.1 Å². The lowest BCUT2D eigenvalue weighted by Crippen LogP contribution is -2.02. The summed E-state index contributed by atoms with van der Waals surface area (Å²) in [7, 11) is 0. The first-order valence-corrected chi connectivity index (χ1v) is 3.38. The maximum Gasteiger partial charge on any atom is 0.274 e. The Hall–Kier alpha value is -1.62. The predicted molar refractivity (Wildman–Crippen MR) is 45.4 cm³/mol. The second-order valence-corrected chi connectivity index (χ2v) is 2.35. The van der Waals surface area contributed by atoms with Gasteiger partial charge in [0.15, 0.2) is 0 Å². The van der Waals surface area contributed by atoms with Crippen LogP contribution in [0.1, 0.15) is 5.56 Å². The van der Waals surface area contributed by atoms with Gasteiger partial charge in [-0.2, -0.15) is 0 Å². The Bertz CT molecular complexity index is 312. The van der Waals surface area contributed by atoms with Gasteiger partial charge in [-0.15, -0.1) is 0 Å². The van der Waals surface area contributed by atoms with Crippen molar-refractivity contribution < 1.29 is 4.92 Å². The first kappa shape index (κ1) is 8.48. The number of nitrogen functional groups attached to an aromatic ring is 1. The third-order valence-corrected chi connectivity index (χ3v) is 1.52. The van der Waals surface area contributed by atoms with E-state index in [9.17, 15) is 10.1 Å². The molecule has 0 aliphatic heterocycles. The summed E-state index contributed by atoms with van der Waals surface area (Å²) in [4.78, 5) is 9.93. The molecule has 5 nitrogen and oxygen atoms in total. The van der Waals surface area contributed by atoms with Crippen molar-refractivity contribution in [2.45, 2.75) is 6.54 Å². The van der Waals surface area contributed by atoms with Crippen LogP contribution in [0.5, 0.6) is 0 Å². The van der Waals surface area contributed by atoms with Crippen LogP contribution in [0, 0.1) is 10.1 Å². The minimum atomic E-state index is -0.471. The molecule has 4 N–H and O–H groups in total. The van der Waals surface area contributed by atoms with Crippen molar-refractivity contribution >= 4 is 11.4 Å². The molecule has 0 fully saturated rings. The summed E-state index contributed by atoms with van der Waals surface area (Å²) in [6.45, 7) is 0.126. The van der Waals surface area contributed by atoms with Gasteiger partial charge in [0.25, 0.3) is 5.69 Å². The maximum atomic E-state index is 10.4. The van der Waals surface area contributed by atoms with E-state index in [0.29, 0.717) is 11.3 Å². The van der Waals surface area contributed by atoms with E-state index in [1.807, 2.05) is 0 Å². The van der Waals surface area contributed by atoms with Crippen molar-refractivity contribution in [1.82, 2.24) is 0 Å². The number of nitro benzene ring substituents is 1. The fourth-order valence-corrected chi connectivity index (χ4v) is 0.947. The molecular weight excluding hydrogens is 158 g/mol. The highest BCUT2D eigenvalue weighted by Gasteiger charge is 2.11. The quantitative estimate of drug-likeness (QED) is 0.383. The highest BCUT2D eigenvalue weighted by molar-refractivity contribution is 5.51. The van der Waals surface area contributed by atoms with Crippen LogP contribution in [0.3, 0.4) is 0 Å². The molecule has 0 unspecified atom stereocenters. The summed E-state index contributed by atoms with van der Waals surface area (Å²) in [6, 6.07) is 4.35. The van der Waals surface area contributed by atoms with Crippen LogP contribution in [0.15, 0.2) is 18.2 Å². The molecule has 0 saturated heterocycles. The molecule has 5 heteroatoms. The molecule has 0 radical (unpaired) electrons. The van der Waals surface area contributed by atoms with Crippen LogP contribution >= 0.6 is 0 Å². The van der Waals surface area contributed by atoms with Gasteiger partial charge in [0.1, 0.15) is 0 Å². The minimum Gasteiger partial charge on any atom is -0.399 e. The first-order valence-electron chi connectivity index (χ1n) is 3.38. The highest BCUT2D eigenvalue weighted by atomic mass is 16.6. The van der Waals surface area contributed by atoms with Crippen LogP contribution < -0.4 is 11.5 Å². The van der Waals surface area contributed by atoms with Gasteiger partial charge in [-0.05, 0) is 12.1 Å². The Kier molecular flexibility index (Phi) is 2.25. The van der Waals surface area contributed by atoms with Crippen LogP contribution in [-0.4, -0.2) is 4.92 Å². The van der Waals surface area contributed by atoms with Crippen molar-refractivity contribution in [2.24, 2.45) is 5.73 Å². The van der Waals surface area contributed by atoms with E-state index in [1.165, 1.54) is 18.2 Å². The van der Waals surface area contributed by atoms with E-state index in [2.05, 4.69) is 0 Å². The molecule has 0 saturated carbocycles. The Balaban J connectivity index is 3.20. The molecule has 0 aliphatic rings. The lowest BCUT2D eigenvalue weighted by Gasteiger charge is -1.99. The van der Waals surface area contributed by atoms with E-state index in [1.54, 1.807) is 0 Å². The number of rotatable bonds is 2. The maximum absolute atomic E-state index is 10.4. The zero-order valence-corrected chi connectivity index (χ0v) is 6.36. The average molecular weight is 167 g/mol. The molecule has 0 heterocycles. The Labute approximate surface area is 69.1 Å². The normalized spacial score (nSPS) is 9.75. The number of anilines is 1. The number of nitro groups is 1. The monoisotopic (exact) mass is 167 g/mol. The summed E-state index contributed by atoms with van der Waals surface area (Å²) >= 11 is 0. The van der Waals surface area contributed by atoms with E-state index in [0.717, 1.165) is 0 Å². The fraction of sp³-hybridized carbons (Fsp3) is 0.143. The SMILES string of the molecule is NCc1cc(N)ccc1[N+](=O)[O-]. The molecule has 0 bridgehead atoms. The number of nitrogens with zero attached hydrogens (tertiary/aromatic N) is 1. The summed E-state index contributed by atoms with van der Waals surface area (Å²) in [5, 5.41) is 10.4. The average Bonchev–Trinajstić information content (AvgIpc) is 2.03. The van der Waals surface area contributed by atoms with E-state index in [-0.39, 0.29) is 12.2 Å². The van der Waals surface area contributed by atoms with Gasteiger partial charge in [0.05, 0.1) is 4.92 Å². The fourth-order valence-electron chi connectivity index (χ4n) is 0.947. The van der Waals surface area contributed by atoms with Crippen molar-refractivity contribution in [3.8, 4) is 0 Å². The van der Waals surface area contributed by atoms with Crippen molar-refractivity contribution in [3.63, 3.8) is 0 Å². The molecule has 0 spiro atoms. The summed E-state index contributed by atoms with van der Waals surface area (Å²) in [5.41, 5.74) is 11.7. The van der Waals surface area contributed by atoms with Crippen LogP contribution in [0.4, 0.5) is 11.4 Å². The predicted octanol–water partition coefficient (Wildman–Crippen LogP) is 0.636. The summed E-state index contributed by atoms with van der Waals surface area (Å²) in [6.07, 6.45) is 0. The van der Waals surface area contributed by atoms with Gasteiger partial charge < -0.3 is 11.5 Å². The second kappa shape index (κ2) is 3.19. The number of nitrogens with two attached hydrogens (primary N) is 2. The zero-order chi connectivity index (χ0) is 9.14. The molecule has 1 rings (SSSR count). The van der Waals surface area contributed by atoms with Gasteiger partial charge >= 0.3 is 0 Å². The van der Waals surface area contributed by atoms with Crippen molar-refractivity contribution in [2.75, 3.05) is 5.73 Å². The third-order valence-electron chi connectivity index (χ3n) is 1.52. The molecule has 0 aliphatic carbocycles. The summed E-state index contributed by atoms with van der Waals surface area (Å²) < 4.78 is 0. The number of benzene rings is 1. The second-order valence-electron chi connectivity index (χ2n) is 2.35. The standard InChI is InChI=1S/C7H9N3O2/c8-4-5-3-6(9)1-2-7(5)10(11)12/h1-3H,4,8-9H2. The zero-order valence-electron chi connectivity index (χ0n) is 6.36. The molecule has 0 amide bonds. The molecule has 0 atom stereocenters. The van der Waals surface area contributed by atoms with Gasteiger partial charge in [0.2, 0.25) is 0 Å². The molecule has 1 aromatic carbocycles.